The van der Waals surface area contributed by atoms with Gasteiger partial charge < -0.3 is 14.8 Å². The first-order chi connectivity index (χ1) is 10.6. The molecule has 1 N–H and O–H groups in total. The molecule has 0 aromatic carbocycles. The number of aromatic nitrogens is 3. The van der Waals surface area contributed by atoms with E-state index in [0.717, 1.165) is 6.07 Å². The maximum atomic E-state index is 12.9. The Labute approximate surface area is 141 Å². The molecule has 0 fully saturated rings. The van der Waals surface area contributed by atoms with E-state index in [1.54, 1.807) is 31.8 Å². The van der Waals surface area contributed by atoms with Gasteiger partial charge in [-0.2, -0.15) is 18.2 Å². The Hall–Kier alpha value is -1.67. The molecule has 0 radical (unpaired) electrons. The summed E-state index contributed by atoms with van der Waals surface area (Å²) < 4.78 is 40.4. The van der Waals surface area contributed by atoms with Crippen molar-refractivity contribution in [2.45, 2.75) is 12.7 Å². The molecule has 0 unspecified atom stereocenters. The molecule has 0 amide bonds. The van der Waals surface area contributed by atoms with Crippen molar-refractivity contribution in [2.24, 2.45) is 7.05 Å². The number of nitrogens with one attached hydrogen (secondary N) is 1. The van der Waals surface area contributed by atoms with E-state index in [0.29, 0.717) is 15.9 Å². The van der Waals surface area contributed by atoms with Gasteiger partial charge >= 0.3 is 6.18 Å². The molecule has 5 nitrogen and oxygen atoms in total. The van der Waals surface area contributed by atoms with Crippen LogP contribution in [-0.2, 0) is 19.8 Å². The molecule has 2 aromatic rings. The summed E-state index contributed by atoms with van der Waals surface area (Å²) >= 11 is 11.8. The molecule has 0 bridgehead atoms. The number of hydrogen-bond donors (Lipinski definition) is 1. The van der Waals surface area contributed by atoms with Crippen LogP contribution in [0.5, 0.6) is 0 Å². The topological polar surface area (TPSA) is 46.0 Å². The highest BCUT2D eigenvalue weighted by atomic mass is 35.5. The van der Waals surface area contributed by atoms with Crippen molar-refractivity contribution in [3.63, 3.8) is 0 Å². The molecule has 0 atom stereocenters. The number of anilines is 2. The van der Waals surface area contributed by atoms with Crippen LogP contribution < -0.4 is 10.2 Å². The zero-order valence-electron chi connectivity index (χ0n) is 12.5. The molecule has 126 valence electrons. The van der Waals surface area contributed by atoms with Crippen LogP contribution in [0.2, 0.25) is 10.2 Å². The first-order valence-electron chi connectivity index (χ1n) is 6.46. The predicted octanol–water partition coefficient (Wildman–Crippen LogP) is 3.82. The van der Waals surface area contributed by atoms with Gasteiger partial charge in [0, 0.05) is 32.9 Å². The van der Waals surface area contributed by atoms with Crippen molar-refractivity contribution >= 4 is 35.0 Å². The van der Waals surface area contributed by atoms with Crippen LogP contribution in [0.15, 0.2) is 12.1 Å². The number of alkyl halides is 3. The molecular formula is C13H14Cl2F3N5. The average Bonchev–Trinajstić information content (AvgIpc) is 2.71. The summed E-state index contributed by atoms with van der Waals surface area (Å²) in [6.45, 7) is 0.178. The van der Waals surface area contributed by atoms with E-state index in [9.17, 15) is 13.2 Å². The molecule has 0 aliphatic rings. The van der Waals surface area contributed by atoms with Gasteiger partial charge in [-0.05, 0) is 6.07 Å². The highest BCUT2D eigenvalue weighted by Crippen LogP contribution is 2.30. The van der Waals surface area contributed by atoms with Crippen molar-refractivity contribution in [2.75, 3.05) is 24.3 Å². The first-order valence-corrected chi connectivity index (χ1v) is 7.22. The summed E-state index contributed by atoms with van der Waals surface area (Å²) in [5, 5.41) is 3.48. The van der Waals surface area contributed by atoms with Gasteiger partial charge in [0.25, 0.3) is 0 Å². The van der Waals surface area contributed by atoms with Gasteiger partial charge in [-0.15, -0.1) is 0 Å². The Morgan fingerprint density at radius 2 is 1.87 bits per heavy atom. The highest BCUT2D eigenvalue weighted by Gasteiger charge is 2.34. The van der Waals surface area contributed by atoms with E-state index in [2.05, 4.69) is 15.3 Å². The summed E-state index contributed by atoms with van der Waals surface area (Å²) in [5.41, 5.74) is -0.325. The van der Waals surface area contributed by atoms with Gasteiger partial charge in [0.15, 0.2) is 5.69 Å². The molecule has 2 rings (SSSR count). The molecular weight excluding hydrogens is 354 g/mol. The maximum absolute atomic E-state index is 12.9. The van der Waals surface area contributed by atoms with Gasteiger partial charge in [0.1, 0.15) is 11.0 Å². The minimum Gasteiger partial charge on any atom is -0.363 e. The van der Waals surface area contributed by atoms with Gasteiger partial charge in [-0.3, -0.25) is 0 Å². The van der Waals surface area contributed by atoms with E-state index in [4.69, 9.17) is 23.2 Å². The molecule has 2 aromatic heterocycles. The van der Waals surface area contributed by atoms with Crippen molar-refractivity contribution in [1.82, 2.24) is 14.5 Å². The minimum atomic E-state index is -4.55. The van der Waals surface area contributed by atoms with Crippen LogP contribution in [0.25, 0.3) is 0 Å². The lowest BCUT2D eigenvalue weighted by molar-refractivity contribution is -0.141. The Kier molecular flexibility index (Phi) is 4.95. The van der Waals surface area contributed by atoms with Crippen LogP contribution in [0.4, 0.5) is 24.9 Å². The average molecular weight is 368 g/mol. The highest BCUT2D eigenvalue weighted by molar-refractivity contribution is 6.41. The molecule has 0 aliphatic heterocycles. The van der Waals surface area contributed by atoms with Crippen LogP contribution in [0.3, 0.4) is 0 Å². The van der Waals surface area contributed by atoms with Crippen LogP contribution in [0, 0.1) is 0 Å². The molecule has 0 saturated carbocycles. The van der Waals surface area contributed by atoms with Crippen molar-refractivity contribution in [3.8, 4) is 0 Å². The predicted molar refractivity (Wildman–Crippen MR) is 84.1 cm³/mol. The summed E-state index contributed by atoms with van der Waals surface area (Å²) in [6.07, 6.45) is -4.55. The molecule has 0 saturated heterocycles. The van der Waals surface area contributed by atoms with Crippen molar-refractivity contribution in [3.05, 3.63) is 33.7 Å². The second-order valence-electron chi connectivity index (χ2n) is 5.01. The van der Waals surface area contributed by atoms with E-state index in [-0.39, 0.29) is 18.3 Å². The van der Waals surface area contributed by atoms with Gasteiger partial charge in [-0.25, -0.2) is 4.98 Å². The Morgan fingerprint density at radius 3 is 2.35 bits per heavy atom. The molecule has 0 aliphatic carbocycles. The summed E-state index contributed by atoms with van der Waals surface area (Å²) in [4.78, 5) is 9.03. The fourth-order valence-electron chi connectivity index (χ4n) is 1.82. The molecule has 2 heterocycles. The van der Waals surface area contributed by atoms with Crippen LogP contribution in [-0.4, -0.2) is 28.6 Å². The Bertz CT molecular complexity index is 712. The number of nitrogens with zero attached hydrogens (tertiary/aromatic N) is 4. The van der Waals surface area contributed by atoms with E-state index in [1.807, 2.05) is 0 Å². The van der Waals surface area contributed by atoms with Crippen LogP contribution >= 0.6 is 23.2 Å². The van der Waals surface area contributed by atoms with Gasteiger partial charge in [-0.1, -0.05) is 23.2 Å². The fraction of sp³-hybridized carbons (Fsp3) is 0.385. The largest absolute Gasteiger partial charge is 0.433 e. The van der Waals surface area contributed by atoms with Gasteiger partial charge in [0.2, 0.25) is 5.95 Å². The Morgan fingerprint density at radius 1 is 1.22 bits per heavy atom. The maximum Gasteiger partial charge on any atom is 0.433 e. The Balaban J connectivity index is 2.28. The molecule has 10 heteroatoms. The lowest BCUT2D eigenvalue weighted by atomic mass is 10.3. The van der Waals surface area contributed by atoms with Crippen LogP contribution in [0.1, 0.15) is 11.4 Å². The van der Waals surface area contributed by atoms with E-state index < -0.39 is 11.9 Å². The third-order valence-electron chi connectivity index (χ3n) is 3.10. The summed E-state index contributed by atoms with van der Waals surface area (Å²) in [5.74, 6) is 0.0229. The number of halogens is 5. The van der Waals surface area contributed by atoms with E-state index in [1.165, 1.54) is 4.90 Å². The molecule has 0 spiro atoms. The zero-order chi connectivity index (χ0) is 17.4. The zero-order valence-corrected chi connectivity index (χ0v) is 14.1. The second kappa shape index (κ2) is 6.45. The quantitative estimate of drug-likeness (QED) is 0.892. The SMILES string of the molecule is CN(C)c1cc(C(F)(F)F)nc(NCc2cc(Cl)c(Cl)n2C)n1. The second-order valence-corrected chi connectivity index (χ2v) is 5.78. The first kappa shape index (κ1) is 17.7. The standard InChI is InChI=1S/C13H14Cl2F3N5/c1-22(2)10-5-9(13(16,17)18)20-12(21-10)19-6-7-4-8(14)11(15)23(7)3/h4-5H,6H2,1-3H3,(H,19,20,21). The summed E-state index contributed by atoms with van der Waals surface area (Å²) in [6, 6.07) is 2.51. The number of hydrogen-bond acceptors (Lipinski definition) is 4. The monoisotopic (exact) mass is 367 g/mol. The summed E-state index contributed by atoms with van der Waals surface area (Å²) in [7, 11) is 4.90. The molecule has 23 heavy (non-hydrogen) atoms. The van der Waals surface area contributed by atoms with Crippen molar-refractivity contribution in [1.29, 1.82) is 0 Å². The third-order valence-corrected chi connectivity index (χ3v) is 3.95. The van der Waals surface area contributed by atoms with Crippen molar-refractivity contribution < 1.29 is 13.2 Å². The van der Waals surface area contributed by atoms with E-state index >= 15 is 0 Å². The smallest absolute Gasteiger partial charge is 0.363 e. The normalized spacial score (nSPS) is 11.7. The fourth-order valence-corrected chi connectivity index (χ4v) is 2.23. The van der Waals surface area contributed by atoms with Gasteiger partial charge in [0.05, 0.1) is 11.6 Å². The minimum absolute atomic E-state index is 0.128. The lowest BCUT2D eigenvalue weighted by Gasteiger charge is -2.16. The third kappa shape index (κ3) is 4.00. The number of rotatable bonds is 4. The lowest BCUT2D eigenvalue weighted by Crippen LogP contribution is -2.17.